The zero-order valence-electron chi connectivity index (χ0n) is 11.2. The van der Waals surface area contributed by atoms with E-state index in [1.54, 1.807) is 6.07 Å². The summed E-state index contributed by atoms with van der Waals surface area (Å²) in [6.07, 6.45) is -4.89. The molecule has 1 atom stereocenters. The average molecular weight is 304 g/mol. The van der Waals surface area contributed by atoms with E-state index in [0.29, 0.717) is 0 Å². The van der Waals surface area contributed by atoms with Gasteiger partial charge in [0.25, 0.3) is 5.91 Å². The van der Waals surface area contributed by atoms with Crippen molar-refractivity contribution >= 4 is 5.91 Å². The number of carbonyl (C=O) groups excluding carboxylic acids is 1. The Morgan fingerprint density at radius 3 is 2.52 bits per heavy atom. The van der Waals surface area contributed by atoms with Crippen LogP contribution in [0.3, 0.4) is 0 Å². The number of benzene rings is 1. The molecular formula is C13H12F4N2O2. The summed E-state index contributed by atoms with van der Waals surface area (Å²) >= 11 is 0. The van der Waals surface area contributed by atoms with Crippen LogP contribution in [-0.4, -0.2) is 25.2 Å². The van der Waals surface area contributed by atoms with Gasteiger partial charge in [0.15, 0.2) is 0 Å². The summed E-state index contributed by atoms with van der Waals surface area (Å²) in [4.78, 5) is 11.9. The molecule has 0 heterocycles. The molecular weight excluding hydrogens is 292 g/mol. The van der Waals surface area contributed by atoms with Crippen LogP contribution in [0.1, 0.15) is 22.8 Å². The lowest BCUT2D eigenvalue weighted by molar-refractivity contribution is -0.138. The fourth-order valence-electron chi connectivity index (χ4n) is 1.65. The molecule has 0 radical (unpaired) electrons. The minimum atomic E-state index is -4.89. The number of methoxy groups -OCH3 is 1. The molecule has 1 aromatic carbocycles. The minimum Gasteiger partial charge on any atom is -0.381 e. The number of nitrogens with zero attached hydrogens (tertiary/aromatic N) is 1. The van der Waals surface area contributed by atoms with Gasteiger partial charge in [-0.2, -0.15) is 18.4 Å². The Bertz CT molecular complexity index is 581. The van der Waals surface area contributed by atoms with Crippen molar-refractivity contribution in [2.45, 2.75) is 18.6 Å². The Morgan fingerprint density at radius 2 is 2.05 bits per heavy atom. The molecule has 114 valence electrons. The first-order valence-corrected chi connectivity index (χ1v) is 5.72. The lowest BCUT2D eigenvalue weighted by Gasteiger charge is -2.23. The van der Waals surface area contributed by atoms with E-state index in [-0.39, 0.29) is 12.7 Å². The van der Waals surface area contributed by atoms with E-state index < -0.39 is 34.6 Å². The Hall–Kier alpha value is -2.14. The first kappa shape index (κ1) is 16.9. The topological polar surface area (TPSA) is 62.1 Å². The van der Waals surface area contributed by atoms with Crippen molar-refractivity contribution in [3.8, 4) is 6.07 Å². The number of rotatable bonds is 4. The van der Waals surface area contributed by atoms with Crippen molar-refractivity contribution in [1.29, 1.82) is 5.26 Å². The predicted molar refractivity (Wildman–Crippen MR) is 64.8 cm³/mol. The highest BCUT2D eigenvalue weighted by atomic mass is 19.4. The molecule has 0 saturated carbocycles. The highest BCUT2D eigenvalue weighted by Gasteiger charge is 2.37. The quantitative estimate of drug-likeness (QED) is 0.869. The smallest absolute Gasteiger partial charge is 0.381 e. The van der Waals surface area contributed by atoms with Gasteiger partial charge in [-0.25, -0.2) is 4.39 Å². The molecule has 21 heavy (non-hydrogen) atoms. The molecule has 0 fully saturated rings. The second-order valence-corrected chi connectivity index (χ2v) is 4.52. The number of ether oxygens (including phenoxy) is 1. The van der Waals surface area contributed by atoms with Gasteiger partial charge in [-0.3, -0.25) is 4.79 Å². The fourth-order valence-corrected chi connectivity index (χ4v) is 1.65. The van der Waals surface area contributed by atoms with Crippen LogP contribution in [0.4, 0.5) is 17.6 Å². The Labute approximate surface area is 118 Å². The molecule has 1 N–H and O–H groups in total. The van der Waals surface area contributed by atoms with Crippen LogP contribution < -0.4 is 5.32 Å². The molecule has 0 spiro atoms. The molecule has 0 aromatic heterocycles. The van der Waals surface area contributed by atoms with Gasteiger partial charge < -0.3 is 10.1 Å². The monoisotopic (exact) mass is 304 g/mol. The van der Waals surface area contributed by atoms with Gasteiger partial charge >= 0.3 is 6.18 Å². The van der Waals surface area contributed by atoms with E-state index >= 15 is 0 Å². The third-order valence-corrected chi connectivity index (χ3v) is 2.60. The van der Waals surface area contributed by atoms with Crippen LogP contribution in [0.15, 0.2) is 18.2 Å². The van der Waals surface area contributed by atoms with Crippen molar-refractivity contribution in [3.63, 3.8) is 0 Å². The second kappa shape index (κ2) is 6.10. The van der Waals surface area contributed by atoms with Crippen LogP contribution >= 0.6 is 0 Å². The van der Waals surface area contributed by atoms with Crippen LogP contribution in [0.5, 0.6) is 0 Å². The van der Waals surface area contributed by atoms with Crippen LogP contribution in [-0.2, 0) is 10.9 Å². The third-order valence-electron chi connectivity index (χ3n) is 2.60. The summed E-state index contributed by atoms with van der Waals surface area (Å²) in [7, 11) is 1.28. The molecule has 8 heteroatoms. The highest BCUT2D eigenvalue weighted by Crippen LogP contribution is 2.32. The number of carbonyl (C=O) groups is 1. The lowest BCUT2D eigenvalue weighted by atomic mass is 10.0. The summed E-state index contributed by atoms with van der Waals surface area (Å²) in [5.41, 5.74) is -3.66. The highest BCUT2D eigenvalue weighted by molar-refractivity contribution is 5.96. The Balaban J connectivity index is 3.17. The summed E-state index contributed by atoms with van der Waals surface area (Å²) in [6, 6.07) is 3.43. The van der Waals surface area contributed by atoms with E-state index in [4.69, 9.17) is 10.00 Å². The molecule has 1 unspecified atom stereocenters. The van der Waals surface area contributed by atoms with E-state index in [0.717, 1.165) is 12.1 Å². The zero-order chi connectivity index (χ0) is 16.3. The standard InChI is InChI=1S/C13H12F4N2O2/c1-12(6-18,7-21-2)19-11(20)9-4-3-8(14)5-10(9)13(15,16)17/h3-5H,7H2,1-2H3,(H,19,20). The largest absolute Gasteiger partial charge is 0.417 e. The van der Waals surface area contributed by atoms with Crippen LogP contribution in [0.2, 0.25) is 0 Å². The number of halogens is 4. The maximum atomic E-state index is 13.0. The van der Waals surface area contributed by atoms with E-state index in [1.807, 2.05) is 0 Å². The molecule has 0 aliphatic rings. The molecule has 1 aromatic rings. The number of hydrogen-bond donors (Lipinski definition) is 1. The van der Waals surface area contributed by atoms with Crippen molar-refractivity contribution in [2.24, 2.45) is 0 Å². The van der Waals surface area contributed by atoms with Crippen LogP contribution in [0.25, 0.3) is 0 Å². The number of hydrogen-bond acceptors (Lipinski definition) is 3. The molecule has 0 saturated heterocycles. The first-order valence-electron chi connectivity index (χ1n) is 5.72. The normalized spacial score (nSPS) is 14.1. The van der Waals surface area contributed by atoms with Crippen molar-refractivity contribution < 1.29 is 27.1 Å². The molecule has 4 nitrogen and oxygen atoms in total. The fraction of sp³-hybridized carbons (Fsp3) is 0.385. The van der Waals surface area contributed by atoms with Gasteiger partial charge in [0.2, 0.25) is 0 Å². The van der Waals surface area contributed by atoms with E-state index in [2.05, 4.69) is 5.32 Å². The molecule has 0 aliphatic heterocycles. The summed E-state index contributed by atoms with van der Waals surface area (Å²) in [6.45, 7) is 1.09. The molecule has 1 rings (SSSR count). The van der Waals surface area contributed by atoms with Gasteiger partial charge in [0.1, 0.15) is 11.4 Å². The van der Waals surface area contributed by atoms with Crippen LogP contribution in [0, 0.1) is 17.1 Å². The SMILES string of the molecule is COCC(C)(C#N)NC(=O)c1ccc(F)cc1C(F)(F)F. The van der Waals surface area contributed by atoms with E-state index in [9.17, 15) is 22.4 Å². The first-order chi connectivity index (χ1) is 9.63. The molecule has 0 aliphatic carbocycles. The van der Waals surface area contributed by atoms with E-state index in [1.165, 1.54) is 14.0 Å². The summed E-state index contributed by atoms with van der Waals surface area (Å²) < 4.78 is 56.1. The van der Waals surface area contributed by atoms with Gasteiger partial charge in [0, 0.05) is 7.11 Å². The minimum absolute atomic E-state index is 0.211. The van der Waals surface area contributed by atoms with Gasteiger partial charge in [-0.05, 0) is 25.1 Å². The maximum absolute atomic E-state index is 13.0. The lowest BCUT2D eigenvalue weighted by Crippen LogP contribution is -2.48. The number of alkyl halides is 3. The van der Waals surface area contributed by atoms with Crippen molar-refractivity contribution in [1.82, 2.24) is 5.32 Å². The number of amides is 1. The Morgan fingerprint density at radius 1 is 1.43 bits per heavy atom. The maximum Gasteiger partial charge on any atom is 0.417 e. The predicted octanol–water partition coefficient (Wildman–Crippen LogP) is 2.50. The second-order valence-electron chi connectivity index (χ2n) is 4.52. The van der Waals surface area contributed by atoms with Gasteiger partial charge in [0.05, 0.1) is 23.8 Å². The van der Waals surface area contributed by atoms with Crippen molar-refractivity contribution in [3.05, 3.63) is 35.1 Å². The number of nitriles is 1. The average Bonchev–Trinajstić information content (AvgIpc) is 2.37. The van der Waals surface area contributed by atoms with Gasteiger partial charge in [-0.15, -0.1) is 0 Å². The third kappa shape index (κ3) is 4.16. The summed E-state index contributed by atoms with van der Waals surface area (Å²) in [5, 5.41) is 11.1. The van der Waals surface area contributed by atoms with Crippen molar-refractivity contribution in [2.75, 3.05) is 13.7 Å². The molecule has 1 amide bonds. The molecule has 0 bridgehead atoms. The number of nitrogens with one attached hydrogen (secondary N) is 1. The zero-order valence-corrected chi connectivity index (χ0v) is 11.2. The Kier molecular flexibility index (Phi) is 4.91. The summed E-state index contributed by atoms with van der Waals surface area (Å²) in [5.74, 6) is -2.25. The van der Waals surface area contributed by atoms with Gasteiger partial charge in [-0.1, -0.05) is 0 Å².